The Morgan fingerprint density at radius 1 is 0.933 bits per heavy atom. The van der Waals surface area contributed by atoms with Crippen LogP contribution >= 0.6 is 11.6 Å². The molecule has 4 nitrogen and oxygen atoms in total. The van der Waals surface area contributed by atoms with Gasteiger partial charge < -0.3 is 14.3 Å². The first kappa shape index (κ1) is 18.5. The topological polar surface area (TPSA) is 47.2 Å². The number of hydrogen-bond acceptors (Lipinski definition) is 3. The highest BCUT2D eigenvalue weighted by Gasteiger charge is 2.26. The van der Waals surface area contributed by atoms with E-state index in [2.05, 4.69) is 5.32 Å². The lowest BCUT2D eigenvalue weighted by molar-refractivity contribution is 0.626. The third kappa shape index (κ3) is 2.78. The van der Waals surface area contributed by atoms with Gasteiger partial charge in [-0.05, 0) is 36.4 Å². The van der Waals surface area contributed by atoms with Gasteiger partial charge in [0, 0.05) is 23.7 Å². The Labute approximate surface area is 176 Å². The van der Waals surface area contributed by atoms with Crippen molar-refractivity contribution in [3.63, 3.8) is 0 Å². The number of benzene rings is 3. The molecule has 0 atom stereocenters. The minimum Gasteiger partial charge on any atom is -0.439 e. The van der Waals surface area contributed by atoms with Crippen LogP contribution in [0.15, 0.2) is 82.0 Å². The fraction of sp³-hybridized carbons (Fsp3) is 0.0417. The van der Waals surface area contributed by atoms with E-state index >= 15 is 0 Å². The molecule has 0 aliphatic carbocycles. The highest BCUT2D eigenvalue weighted by atomic mass is 35.5. The molecular weight excluding hydrogens is 403 g/mol. The minimum atomic E-state index is -0.531. The van der Waals surface area contributed by atoms with Crippen molar-refractivity contribution in [3.8, 4) is 11.1 Å². The average molecular weight is 419 g/mol. The molecule has 2 heterocycles. The van der Waals surface area contributed by atoms with Crippen molar-refractivity contribution in [1.82, 2.24) is 4.57 Å². The van der Waals surface area contributed by atoms with Gasteiger partial charge in [0.1, 0.15) is 5.82 Å². The summed E-state index contributed by atoms with van der Waals surface area (Å²) in [7, 11) is 1.69. The molecule has 5 rings (SSSR count). The third-order valence-corrected chi connectivity index (χ3v) is 5.50. The van der Waals surface area contributed by atoms with Crippen molar-refractivity contribution in [2.45, 2.75) is 0 Å². The van der Waals surface area contributed by atoms with Crippen LogP contribution < -0.4 is 10.9 Å². The maximum atomic E-state index is 14.9. The average Bonchev–Trinajstić information content (AvgIpc) is 3.12. The molecule has 0 aliphatic heterocycles. The van der Waals surface area contributed by atoms with Crippen molar-refractivity contribution < 1.29 is 8.81 Å². The number of hydrogen-bond donors (Lipinski definition) is 1. The van der Waals surface area contributed by atoms with Gasteiger partial charge in [0.25, 0.3) is 5.56 Å². The Bertz CT molecular complexity index is 1450. The molecule has 0 bridgehead atoms. The number of halogens is 2. The van der Waals surface area contributed by atoms with Crippen LogP contribution in [0.5, 0.6) is 0 Å². The van der Waals surface area contributed by atoms with Gasteiger partial charge in [0.05, 0.1) is 21.5 Å². The molecule has 0 spiro atoms. The predicted molar refractivity (Wildman–Crippen MR) is 119 cm³/mol. The summed E-state index contributed by atoms with van der Waals surface area (Å²) in [5.41, 5.74) is 2.00. The maximum absolute atomic E-state index is 14.9. The predicted octanol–water partition coefficient (Wildman–Crippen LogP) is 6.49. The summed E-state index contributed by atoms with van der Waals surface area (Å²) < 4.78 is 22.7. The molecule has 2 aromatic heterocycles. The van der Waals surface area contributed by atoms with E-state index < -0.39 is 5.82 Å². The molecule has 30 heavy (non-hydrogen) atoms. The van der Waals surface area contributed by atoms with Gasteiger partial charge in [-0.1, -0.05) is 48.0 Å². The molecule has 0 saturated carbocycles. The molecule has 5 aromatic rings. The Morgan fingerprint density at radius 3 is 2.43 bits per heavy atom. The second kappa shape index (κ2) is 7.04. The second-order valence-electron chi connectivity index (χ2n) is 6.98. The molecule has 0 saturated heterocycles. The number of fused-ring (bicyclic) bond motifs is 3. The van der Waals surface area contributed by atoms with Crippen LogP contribution in [0.2, 0.25) is 5.02 Å². The van der Waals surface area contributed by atoms with E-state index in [1.807, 2.05) is 54.6 Å². The third-order valence-electron chi connectivity index (χ3n) is 5.18. The van der Waals surface area contributed by atoms with Crippen LogP contribution in [-0.4, -0.2) is 4.57 Å². The molecular formula is C24H16ClFN2O2. The van der Waals surface area contributed by atoms with Gasteiger partial charge in [-0.2, -0.15) is 0 Å². The summed E-state index contributed by atoms with van der Waals surface area (Å²) in [6.45, 7) is 0. The SMILES string of the molecule is Cn1c(=O)c2c(-c3c(F)cccc3Cl)c(Nc3ccccc3)oc2c2ccccc21. The van der Waals surface area contributed by atoms with Gasteiger partial charge in [-0.3, -0.25) is 4.79 Å². The smallest absolute Gasteiger partial charge is 0.262 e. The van der Waals surface area contributed by atoms with Gasteiger partial charge in [-0.15, -0.1) is 0 Å². The molecule has 0 fully saturated rings. The van der Waals surface area contributed by atoms with Crippen LogP contribution in [-0.2, 0) is 7.05 Å². The number of aryl methyl sites for hydroxylation is 1. The monoisotopic (exact) mass is 418 g/mol. The first-order valence-corrected chi connectivity index (χ1v) is 9.74. The standard InChI is InChI=1S/C24H16ClFN2O2/c1-28-18-13-6-5-10-15(18)22-21(24(28)29)20(19-16(25)11-7-12-17(19)26)23(30-22)27-14-8-3-2-4-9-14/h2-13,27H,1H3. The Balaban J connectivity index is 1.95. The van der Waals surface area contributed by atoms with E-state index in [0.29, 0.717) is 11.1 Å². The molecule has 6 heteroatoms. The number of nitrogens with one attached hydrogen (secondary N) is 1. The fourth-order valence-corrected chi connectivity index (χ4v) is 4.03. The molecule has 1 N–H and O–H groups in total. The lowest BCUT2D eigenvalue weighted by Gasteiger charge is -2.09. The largest absolute Gasteiger partial charge is 0.439 e. The van der Waals surface area contributed by atoms with Gasteiger partial charge >= 0.3 is 0 Å². The van der Waals surface area contributed by atoms with Crippen molar-refractivity contribution in [3.05, 3.63) is 94.0 Å². The molecule has 148 valence electrons. The zero-order chi connectivity index (χ0) is 20.8. The number of furan rings is 1. The number of pyridine rings is 1. The molecule has 0 amide bonds. The van der Waals surface area contributed by atoms with E-state index in [-0.39, 0.29) is 27.4 Å². The van der Waals surface area contributed by atoms with Crippen molar-refractivity contribution >= 4 is 45.0 Å². The van der Waals surface area contributed by atoms with E-state index in [1.165, 1.54) is 16.7 Å². The molecule has 0 aliphatic rings. The fourth-order valence-electron chi connectivity index (χ4n) is 3.78. The number of nitrogens with zero attached hydrogens (tertiary/aromatic N) is 1. The van der Waals surface area contributed by atoms with Gasteiger partial charge in [0.2, 0.25) is 5.88 Å². The van der Waals surface area contributed by atoms with Crippen LogP contribution in [0.25, 0.3) is 33.0 Å². The Morgan fingerprint density at radius 2 is 1.67 bits per heavy atom. The number of aromatic nitrogens is 1. The molecule has 3 aromatic carbocycles. The lowest BCUT2D eigenvalue weighted by atomic mass is 10.0. The quantitative estimate of drug-likeness (QED) is 0.364. The summed E-state index contributed by atoms with van der Waals surface area (Å²) in [5.74, 6) is -0.270. The summed E-state index contributed by atoms with van der Waals surface area (Å²) in [5, 5.41) is 4.42. The summed E-state index contributed by atoms with van der Waals surface area (Å²) in [6, 6.07) is 21.2. The highest BCUT2D eigenvalue weighted by molar-refractivity contribution is 6.34. The molecule has 0 unspecified atom stereocenters. The molecule has 0 radical (unpaired) electrons. The first-order valence-electron chi connectivity index (χ1n) is 9.37. The van der Waals surface area contributed by atoms with Gasteiger partial charge in [0.15, 0.2) is 5.58 Å². The van der Waals surface area contributed by atoms with Crippen LogP contribution in [0, 0.1) is 5.82 Å². The lowest BCUT2D eigenvalue weighted by Crippen LogP contribution is -2.17. The van der Waals surface area contributed by atoms with Crippen molar-refractivity contribution in [2.24, 2.45) is 7.05 Å². The van der Waals surface area contributed by atoms with Gasteiger partial charge in [-0.25, -0.2) is 4.39 Å². The van der Waals surface area contributed by atoms with E-state index in [1.54, 1.807) is 13.1 Å². The normalized spacial score (nSPS) is 11.3. The Kier molecular flexibility index (Phi) is 4.33. The maximum Gasteiger partial charge on any atom is 0.262 e. The van der Waals surface area contributed by atoms with Crippen LogP contribution in [0.3, 0.4) is 0 Å². The summed E-state index contributed by atoms with van der Waals surface area (Å²) in [4.78, 5) is 13.3. The zero-order valence-electron chi connectivity index (χ0n) is 15.9. The number of para-hydroxylation sites is 2. The van der Waals surface area contributed by atoms with Crippen LogP contribution in [0.4, 0.5) is 16.0 Å². The van der Waals surface area contributed by atoms with Crippen LogP contribution in [0.1, 0.15) is 0 Å². The van der Waals surface area contributed by atoms with E-state index in [0.717, 1.165) is 16.6 Å². The summed E-state index contributed by atoms with van der Waals surface area (Å²) in [6.07, 6.45) is 0. The van der Waals surface area contributed by atoms with E-state index in [4.69, 9.17) is 16.0 Å². The Hall–Kier alpha value is -3.57. The van der Waals surface area contributed by atoms with Crippen molar-refractivity contribution in [1.29, 1.82) is 0 Å². The number of rotatable bonds is 3. The van der Waals surface area contributed by atoms with Crippen molar-refractivity contribution in [2.75, 3.05) is 5.32 Å². The number of anilines is 2. The van der Waals surface area contributed by atoms with E-state index in [9.17, 15) is 9.18 Å². The second-order valence-corrected chi connectivity index (χ2v) is 7.39. The first-order chi connectivity index (χ1) is 14.6. The minimum absolute atomic E-state index is 0.128. The zero-order valence-corrected chi connectivity index (χ0v) is 16.7. The summed E-state index contributed by atoms with van der Waals surface area (Å²) >= 11 is 6.39. The highest BCUT2D eigenvalue weighted by Crippen LogP contribution is 2.44.